The molecule has 2 rings (SSSR count). The summed E-state index contributed by atoms with van der Waals surface area (Å²) in [4.78, 5) is 2.82. The molecule has 1 fully saturated rings. The van der Waals surface area contributed by atoms with Gasteiger partial charge in [-0.1, -0.05) is 19.1 Å². The second kappa shape index (κ2) is 6.46. The molecule has 21 heavy (non-hydrogen) atoms. The number of hydrogen-bond acceptors (Lipinski definition) is 3. The fraction of sp³-hybridized carbons (Fsp3) is 0.625. The van der Waals surface area contributed by atoms with E-state index in [1.54, 1.807) is 17.4 Å². The van der Waals surface area contributed by atoms with Gasteiger partial charge in [-0.25, -0.2) is 8.42 Å². The molecule has 5 heteroatoms. The Hall–Kier alpha value is -0.910. The van der Waals surface area contributed by atoms with E-state index in [0.29, 0.717) is 4.90 Å². The Kier molecular flexibility index (Phi) is 5.07. The van der Waals surface area contributed by atoms with E-state index in [1.165, 1.54) is 0 Å². The van der Waals surface area contributed by atoms with Gasteiger partial charge in [-0.2, -0.15) is 4.31 Å². The van der Waals surface area contributed by atoms with Crippen molar-refractivity contribution in [2.24, 2.45) is 0 Å². The van der Waals surface area contributed by atoms with Gasteiger partial charge in [-0.05, 0) is 63.5 Å². The summed E-state index contributed by atoms with van der Waals surface area (Å²) in [6.45, 7) is 8.94. The maximum atomic E-state index is 12.9. The lowest BCUT2D eigenvalue weighted by Gasteiger charge is -2.35. The van der Waals surface area contributed by atoms with E-state index in [4.69, 9.17) is 0 Å². The molecule has 0 spiro atoms. The summed E-state index contributed by atoms with van der Waals surface area (Å²) in [6, 6.07) is 5.73. The van der Waals surface area contributed by atoms with Crippen LogP contribution < -0.4 is 0 Å². The number of benzene rings is 1. The third kappa shape index (κ3) is 3.47. The molecule has 0 saturated carbocycles. The maximum Gasteiger partial charge on any atom is 0.243 e. The van der Waals surface area contributed by atoms with E-state index in [9.17, 15) is 8.42 Å². The third-order valence-electron chi connectivity index (χ3n) is 4.52. The van der Waals surface area contributed by atoms with E-state index in [1.807, 2.05) is 26.0 Å². The van der Waals surface area contributed by atoms with Gasteiger partial charge < -0.3 is 4.90 Å². The Morgan fingerprint density at radius 2 is 1.86 bits per heavy atom. The number of aryl methyl sites for hydroxylation is 2. The number of rotatable bonds is 4. The summed E-state index contributed by atoms with van der Waals surface area (Å²) < 4.78 is 27.3. The van der Waals surface area contributed by atoms with Gasteiger partial charge in [0.05, 0.1) is 4.90 Å². The fourth-order valence-electron chi connectivity index (χ4n) is 2.94. The predicted molar refractivity (Wildman–Crippen MR) is 86.0 cm³/mol. The average Bonchev–Trinajstić information content (AvgIpc) is 2.49. The molecule has 0 atom stereocenters. The summed E-state index contributed by atoms with van der Waals surface area (Å²) in [5, 5.41) is 0. The highest BCUT2D eigenvalue weighted by atomic mass is 32.2. The summed E-state index contributed by atoms with van der Waals surface area (Å²) >= 11 is 0. The van der Waals surface area contributed by atoms with Crippen LogP contribution in [0.3, 0.4) is 0 Å². The summed E-state index contributed by atoms with van der Waals surface area (Å²) in [5.41, 5.74) is 1.80. The maximum absolute atomic E-state index is 12.9. The molecule has 0 amide bonds. The minimum atomic E-state index is -3.40. The second-order valence-corrected chi connectivity index (χ2v) is 7.92. The fourth-order valence-corrected chi connectivity index (χ4v) is 4.66. The molecule has 1 aliphatic heterocycles. The Balaban J connectivity index is 2.21. The molecule has 0 unspecified atom stereocenters. The van der Waals surface area contributed by atoms with Gasteiger partial charge in [0.1, 0.15) is 0 Å². The van der Waals surface area contributed by atoms with E-state index in [-0.39, 0.29) is 6.04 Å². The van der Waals surface area contributed by atoms with Gasteiger partial charge in [-0.3, -0.25) is 0 Å². The number of likely N-dealkylation sites (tertiary alicyclic amines) is 1. The largest absolute Gasteiger partial charge is 0.303 e. The van der Waals surface area contributed by atoms with Crippen molar-refractivity contribution in [3.8, 4) is 0 Å². The standard InChI is InChI=1S/C16H26N2O2S/c1-5-18-10-8-15(9-11-18)17(4)21(19,20)16-12-13(2)6-7-14(16)3/h6-7,12,15H,5,8-11H2,1-4H3. The Labute approximate surface area is 128 Å². The lowest BCUT2D eigenvalue weighted by atomic mass is 10.1. The average molecular weight is 310 g/mol. The van der Waals surface area contributed by atoms with Crippen molar-refractivity contribution in [1.82, 2.24) is 9.21 Å². The first-order valence-corrected chi connectivity index (χ1v) is 9.08. The molecular formula is C16H26N2O2S. The smallest absolute Gasteiger partial charge is 0.243 e. The van der Waals surface area contributed by atoms with Crippen LogP contribution in [0.15, 0.2) is 23.1 Å². The number of piperidine rings is 1. The van der Waals surface area contributed by atoms with Crippen LogP contribution in [0.1, 0.15) is 30.9 Å². The number of hydrogen-bond donors (Lipinski definition) is 0. The van der Waals surface area contributed by atoms with Crippen molar-refractivity contribution in [2.45, 2.75) is 44.6 Å². The molecule has 1 aromatic carbocycles. The normalized spacial score (nSPS) is 18.3. The van der Waals surface area contributed by atoms with Crippen LogP contribution in [0, 0.1) is 13.8 Å². The zero-order chi connectivity index (χ0) is 15.6. The first-order chi connectivity index (χ1) is 9.86. The van der Waals surface area contributed by atoms with Gasteiger partial charge >= 0.3 is 0 Å². The molecule has 1 aromatic rings. The highest BCUT2D eigenvalue weighted by Gasteiger charge is 2.31. The van der Waals surface area contributed by atoms with Crippen LogP contribution in [0.25, 0.3) is 0 Å². The third-order valence-corrected chi connectivity index (χ3v) is 6.57. The summed E-state index contributed by atoms with van der Waals surface area (Å²) in [7, 11) is -1.68. The topological polar surface area (TPSA) is 40.6 Å². The number of nitrogens with zero attached hydrogens (tertiary/aromatic N) is 2. The van der Waals surface area contributed by atoms with Crippen molar-refractivity contribution >= 4 is 10.0 Å². The van der Waals surface area contributed by atoms with Crippen LogP contribution in [-0.4, -0.2) is 50.3 Å². The molecule has 1 aliphatic rings. The van der Waals surface area contributed by atoms with E-state index in [0.717, 1.165) is 43.6 Å². The monoisotopic (exact) mass is 310 g/mol. The summed E-state index contributed by atoms with van der Waals surface area (Å²) in [5.74, 6) is 0. The minimum absolute atomic E-state index is 0.109. The minimum Gasteiger partial charge on any atom is -0.303 e. The van der Waals surface area contributed by atoms with E-state index in [2.05, 4.69) is 11.8 Å². The highest BCUT2D eigenvalue weighted by Crippen LogP contribution is 2.25. The SMILES string of the molecule is CCN1CCC(N(C)S(=O)(=O)c2cc(C)ccc2C)CC1. The van der Waals surface area contributed by atoms with E-state index >= 15 is 0 Å². The van der Waals surface area contributed by atoms with Crippen LogP contribution in [0.2, 0.25) is 0 Å². The quantitative estimate of drug-likeness (QED) is 0.857. The van der Waals surface area contributed by atoms with Crippen molar-refractivity contribution < 1.29 is 8.42 Å². The Bertz CT molecular complexity index is 590. The second-order valence-electron chi connectivity index (χ2n) is 5.96. The predicted octanol–water partition coefficient (Wildman–Crippen LogP) is 2.41. The lowest BCUT2D eigenvalue weighted by molar-refractivity contribution is 0.176. The van der Waals surface area contributed by atoms with Gasteiger partial charge in [-0.15, -0.1) is 0 Å². The zero-order valence-electron chi connectivity index (χ0n) is 13.5. The first kappa shape index (κ1) is 16.5. The molecule has 0 bridgehead atoms. The summed E-state index contributed by atoms with van der Waals surface area (Å²) in [6.07, 6.45) is 1.82. The number of sulfonamides is 1. The molecule has 0 N–H and O–H groups in total. The molecule has 0 aliphatic carbocycles. The van der Waals surface area contributed by atoms with Crippen LogP contribution in [0.4, 0.5) is 0 Å². The Morgan fingerprint density at radius 1 is 1.24 bits per heavy atom. The molecule has 1 heterocycles. The molecule has 0 radical (unpaired) electrons. The van der Waals surface area contributed by atoms with Crippen molar-refractivity contribution in [3.63, 3.8) is 0 Å². The van der Waals surface area contributed by atoms with Crippen molar-refractivity contribution in [2.75, 3.05) is 26.7 Å². The van der Waals surface area contributed by atoms with Crippen molar-refractivity contribution in [1.29, 1.82) is 0 Å². The molecule has 118 valence electrons. The Morgan fingerprint density at radius 3 is 2.43 bits per heavy atom. The molecule has 4 nitrogen and oxygen atoms in total. The molecule has 0 aromatic heterocycles. The van der Waals surface area contributed by atoms with Gasteiger partial charge in [0, 0.05) is 13.1 Å². The van der Waals surface area contributed by atoms with Crippen LogP contribution in [0.5, 0.6) is 0 Å². The molecular weight excluding hydrogens is 284 g/mol. The lowest BCUT2D eigenvalue weighted by Crippen LogP contribution is -2.45. The van der Waals surface area contributed by atoms with Crippen LogP contribution in [-0.2, 0) is 10.0 Å². The highest BCUT2D eigenvalue weighted by molar-refractivity contribution is 7.89. The first-order valence-electron chi connectivity index (χ1n) is 7.64. The van der Waals surface area contributed by atoms with Crippen molar-refractivity contribution in [3.05, 3.63) is 29.3 Å². The molecule has 1 saturated heterocycles. The van der Waals surface area contributed by atoms with Gasteiger partial charge in [0.15, 0.2) is 0 Å². The zero-order valence-corrected chi connectivity index (χ0v) is 14.3. The van der Waals surface area contributed by atoms with E-state index < -0.39 is 10.0 Å². The van der Waals surface area contributed by atoms with Gasteiger partial charge in [0.2, 0.25) is 10.0 Å². The van der Waals surface area contributed by atoms with Gasteiger partial charge in [0.25, 0.3) is 0 Å². The van der Waals surface area contributed by atoms with Crippen LogP contribution >= 0.6 is 0 Å².